The number of rotatable bonds is 2. The molecule has 0 spiro atoms. The maximum atomic E-state index is 11.8. The highest BCUT2D eigenvalue weighted by atomic mass is 16.7. The Morgan fingerprint density at radius 3 is 2.82 bits per heavy atom. The van der Waals surface area contributed by atoms with E-state index in [1.807, 2.05) is 0 Å². The van der Waals surface area contributed by atoms with Gasteiger partial charge in [0.05, 0.1) is 12.0 Å². The number of hydrogen-bond acceptors (Lipinski definition) is 4. The van der Waals surface area contributed by atoms with E-state index in [-0.39, 0.29) is 30.3 Å². The molecule has 0 bridgehead atoms. The number of ether oxygens (including phenoxy) is 2. The van der Waals surface area contributed by atoms with E-state index in [0.717, 1.165) is 6.42 Å². The smallest absolute Gasteiger partial charge is 0.314 e. The number of esters is 1. The highest BCUT2D eigenvalue weighted by Crippen LogP contribution is 2.39. The van der Waals surface area contributed by atoms with E-state index in [0.29, 0.717) is 12.8 Å². The number of fused-ring (bicyclic) bond motifs is 1. The molecule has 3 unspecified atom stereocenters. The van der Waals surface area contributed by atoms with Gasteiger partial charge in [-0.05, 0) is 25.2 Å². The summed E-state index contributed by atoms with van der Waals surface area (Å²) in [6.45, 7) is 3.42. The summed E-state index contributed by atoms with van der Waals surface area (Å²) >= 11 is 0. The van der Waals surface area contributed by atoms with Gasteiger partial charge in [0.25, 0.3) is 0 Å². The second-order valence-electron chi connectivity index (χ2n) is 5.36. The van der Waals surface area contributed by atoms with Crippen LogP contribution in [0.1, 0.15) is 39.5 Å². The van der Waals surface area contributed by atoms with Gasteiger partial charge in [-0.15, -0.1) is 0 Å². The molecule has 96 valence electrons. The number of carbonyl (C=O) groups is 2. The van der Waals surface area contributed by atoms with Gasteiger partial charge in [0, 0.05) is 20.3 Å². The Balaban J connectivity index is 2.03. The lowest BCUT2D eigenvalue weighted by Gasteiger charge is -2.43. The largest absolute Gasteiger partial charge is 0.481 e. The Labute approximate surface area is 100 Å². The second-order valence-corrected chi connectivity index (χ2v) is 5.36. The molecule has 1 aliphatic carbocycles. The zero-order valence-corrected chi connectivity index (χ0v) is 10.1. The lowest BCUT2D eigenvalue weighted by molar-refractivity contribution is -0.278. The zero-order chi connectivity index (χ0) is 12.6. The molecule has 1 N–H and O–H groups in total. The fourth-order valence-electron chi connectivity index (χ4n) is 2.75. The minimum absolute atomic E-state index is 0.107. The van der Waals surface area contributed by atoms with Gasteiger partial charge < -0.3 is 14.6 Å². The summed E-state index contributed by atoms with van der Waals surface area (Å²) in [7, 11) is 0. The quantitative estimate of drug-likeness (QED) is 0.744. The molecule has 0 aromatic carbocycles. The minimum Gasteiger partial charge on any atom is -0.481 e. The van der Waals surface area contributed by atoms with Crippen LogP contribution in [0.15, 0.2) is 0 Å². The summed E-state index contributed by atoms with van der Waals surface area (Å²) in [5.41, 5.74) is 0. The highest BCUT2D eigenvalue weighted by Gasteiger charge is 2.46. The van der Waals surface area contributed by atoms with E-state index >= 15 is 0 Å². The van der Waals surface area contributed by atoms with Crippen molar-refractivity contribution in [2.24, 2.45) is 11.8 Å². The minimum atomic E-state index is -0.886. The number of cyclic esters (lactones) is 1. The van der Waals surface area contributed by atoms with Crippen molar-refractivity contribution in [3.8, 4) is 0 Å². The van der Waals surface area contributed by atoms with Crippen LogP contribution in [0.3, 0.4) is 0 Å². The molecule has 1 aliphatic heterocycles. The molecule has 3 atom stereocenters. The summed E-state index contributed by atoms with van der Waals surface area (Å²) in [5, 5.41) is 8.78. The third-order valence-corrected chi connectivity index (χ3v) is 3.45. The highest BCUT2D eigenvalue weighted by molar-refractivity contribution is 5.74. The summed E-state index contributed by atoms with van der Waals surface area (Å²) in [5.74, 6) is -1.99. The second kappa shape index (κ2) is 4.29. The van der Waals surface area contributed by atoms with Crippen LogP contribution in [0.2, 0.25) is 0 Å². The van der Waals surface area contributed by atoms with Crippen molar-refractivity contribution in [1.29, 1.82) is 0 Å². The first-order valence-corrected chi connectivity index (χ1v) is 6.00. The zero-order valence-electron chi connectivity index (χ0n) is 10.1. The molecule has 1 saturated carbocycles. The molecule has 5 nitrogen and oxygen atoms in total. The summed E-state index contributed by atoms with van der Waals surface area (Å²) in [6.07, 6.45) is 2.02. The van der Waals surface area contributed by atoms with E-state index in [1.54, 1.807) is 13.8 Å². The van der Waals surface area contributed by atoms with Gasteiger partial charge in [0.1, 0.15) is 0 Å². The normalized spacial score (nSPS) is 35.9. The number of carboxylic acids is 1. The van der Waals surface area contributed by atoms with Crippen molar-refractivity contribution in [3.05, 3.63) is 0 Å². The Kier molecular flexibility index (Phi) is 3.12. The van der Waals surface area contributed by atoms with Crippen LogP contribution in [0, 0.1) is 11.8 Å². The SMILES string of the molecule is CC1(C)OC(=O)C2CCC(CC(=O)O)CC2O1. The van der Waals surface area contributed by atoms with E-state index in [4.69, 9.17) is 14.6 Å². The van der Waals surface area contributed by atoms with Crippen molar-refractivity contribution in [3.63, 3.8) is 0 Å². The van der Waals surface area contributed by atoms with Crippen molar-refractivity contribution >= 4 is 11.9 Å². The van der Waals surface area contributed by atoms with Gasteiger partial charge in [0.15, 0.2) is 0 Å². The molecule has 1 heterocycles. The van der Waals surface area contributed by atoms with Crippen LogP contribution < -0.4 is 0 Å². The molecule has 2 fully saturated rings. The van der Waals surface area contributed by atoms with Crippen LogP contribution in [0.25, 0.3) is 0 Å². The maximum absolute atomic E-state index is 11.8. The molecular weight excluding hydrogens is 224 g/mol. The van der Waals surface area contributed by atoms with E-state index in [1.165, 1.54) is 0 Å². The van der Waals surface area contributed by atoms with Crippen LogP contribution in [-0.4, -0.2) is 28.9 Å². The molecule has 0 radical (unpaired) electrons. The third-order valence-electron chi connectivity index (χ3n) is 3.45. The summed E-state index contributed by atoms with van der Waals surface area (Å²) < 4.78 is 10.9. The number of aliphatic carboxylic acids is 1. The topological polar surface area (TPSA) is 72.8 Å². The Hall–Kier alpha value is -1.10. The fourth-order valence-corrected chi connectivity index (χ4v) is 2.75. The number of hydrogen-bond donors (Lipinski definition) is 1. The Morgan fingerprint density at radius 1 is 1.47 bits per heavy atom. The first-order chi connectivity index (χ1) is 7.87. The van der Waals surface area contributed by atoms with Gasteiger partial charge in [-0.1, -0.05) is 0 Å². The fraction of sp³-hybridized carbons (Fsp3) is 0.833. The Morgan fingerprint density at radius 2 is 2.18 bits per heavy atom. The van der Waals surface area contributed by atoms with Crippen molar-refractivity contribution in [2.75, 3.05) is 0 Å². The maximum Gasteiger partial charge on any atom is 0.314 e. The first-order valence-electron chi connectivity index (χ1n) is 6.00. The molecule has 0 amide bonds. The van der Waals surface area contributed by atoms with Crippen molar-refractivity contribution in [1.82, 2.24) is 0 Å². The summed E-state index contributed by atoms with van der Waals surface area (Å²) in [6, 6.07) is 0. The predicted molar refractivity (Wildman–Crippen MR) is 58.1 cm³/mol. The predicted octanol–water partition coefficient (Wildman–Crippen LogP) is 1.56. The molecular formula is C12H18O5. The van der Waals surface area contributed by atoms with Gasteiger partial charge in [0.2, 0.25) is 5.79 Å². The number of carbonyl (C=O) groups excluding carboxylic acids is 1. The molecule has 17 heavy (non-hydrogen) atoms. The van der Waals surface area contributed by atoms with E-state index in [9.17, 15) is 9.59 Å². The van der Waals surface area contributed by atoms with Crippen LogP contribution >= 0.6 is 0 Å². The molecule has 1 saturated heterocycles. The van der Waals surface area contributed by atoms with E-state index in [2.05, 4.69) is 0 Å². The summed E-state index contributed by atoms with van der Waals surface area (Å²) in [4.78, 5) is 22.4. The first kappa shape index (κ1) is 12.4. The van der Waals surface area contributed by atoms with Gasteiger partial charge in [-0.3, -0.25) is 9.59 Å². The molecule has 0 aromatic heterocycles. The van der Waals surface area contributed by atoms with Crippen LogP contribution in [0.5, 0.6) is 0 Å². The molecule has 2 rings (SSSR count). The van der Waals surface area contributed by atoms with E-state index < -0.39 is 11.8 Å². The van der Waals surface area contributed by atoms with Gasteiger partial charge >= 0.3 is 11.9 Å². The molecule has 5 heteroatoms. The lowest BCUT2D eigenvalue weighted by atomic mass is 9.77. The van der Waals surface area contributed by atoms with Gasteiger partial charge in [-0.25, -0.2) is 0 Å². The van der Waals surface area contributed by atoms with Gasteiger partial charge in [-0.2, -0.15) is 0 Å². The molecule has 0 aromatic rings. The van der Waals surface area contributed by atoms with Crippen LogP contribution in [0.4, 0.5) is 0 Å². The Bertz CT molecular complexity index is 336. The van der Waals surface area contributed by atoms with Crippen molar-refractivity contribution in [2.45, 2.75) is 51.4 Å². The molecule has 2 aliphatic rings. The van der Waals surface area contributed by atoms with Crippen LogP contribution in [-0.2, 0) is 19.1 Å². The average Bonchev–Trinajstić information content (AvgIpc) is 2.13. The standard InChI is InChI=1S/C12H18O5/c1-12(2)16-9-5-7(6-10(13)14)3-4-8(9)11(15)17-12/h7-9H,3-6H2,1-2H3,(H,13,14). The average molecular weight is 242 g/mol. The lowest BCUT2D eigenvalue weighted by Crippen LogP contribution is -2.51. The van der Waals surface area contributed by atoms with Crippen molar-refractivity contribution < 1.29 is 24.2 Å². The third kappa shape index (κ3) is 2.77. The monoisotopic (exact) mass is 242 g/mol. The number of carboxylic acid groups (broad SMARTS) is 1.